The summed E-state index contributed by atoms with van der Waals surface area (Å²) < 4.78 is 15.3. The van der Waals surface area contributed by atoms with Crippen LogP contribution in [0.1, 0.15) is 60.1 Å². The first-order valence-electron chi connectivity index (χ1n) is 18.3. The number of pyridine rings is 3. The third-order valence-corrected chi connectivity index (χ3v) is 11.5. The molecule has 1 unspecified atom stereocenters. The van der Waals surface area contributed by atoms with Gasteiger partial charge in [0.1, 0.15) is 5.65 Å². The number of nitrogens with zero attached hydrogens (tertiary/aromatic N) is 4. The van der Waals surface area contributed by atoms with Crippen LogP contribution in [0.25, 0.3) is 61.0 Å². The first-order chi connectivity index (χ1) is 25.0. The third-order valence-electron chi connectivity index (χ3n) is 11.5. The number of hydrogen-bond acceptors (Lipinski definition) is 5. The molecule has 8 aromatic rings. The van der Waals surface area contributed by atoms with Gasteiger partial charge in [0.25, 0.3) is 0 Å². The number of fused-ring (bicyclic) bond motifs is 7. The zero-order chi connectivity index (χ0) is 34.2. The van der Waals surface area contributed by atoms with Gasteiger partial charge in [-0.2, -0.15) is 28.2 Å². The molecule has 1 fully saturated rings. The summed E-state index contributed by atoms with van der Waals surface area (Å²) in [5.41, 5.74) is 11.9. The van der Waals surface area contributed by atoms with Gasteiger partial charge in [-0.3, -0.25) is 0 Å². The number of aryl methyl sites for hydroxylation is 3. The van der Waals surface area contributed by atoms with Crippen molar-refractivity contribution in [2.45, 2.75) is 65.7 Å². The maximum atomic E-state index is 6.70. The fraction of sp³-hybridized carbons (Fsp3) is 0.267. The monoisotopic (exact) mass is 861 g/mol. The van der Waals surface area contributed by atoms with E-state index in [9.17, 15) is 0 Å². The summed E-state index contributed by atoms with van der Waals surface area (Å²) in [6.07, 6.45) is 11.3. The molecule has 5 heterocycles. The van der Waals surface area contributed by atoms with E-state index >= 15 is 0 Å². The summed E-state index contributed by atoms with van der Waals surface area (Å²) in [4.78, 5) is 14.9. The second kappa shape index (κ2) is 13.0. The molecule has 2 aliphatic rings. The van der Waals surface area contributed by atoms with E-state index in [0.29, 0.717) is 22.9 Å². The van der Waals surface area contributed by atoms with Gasteiger partial charge in [-0.1, -0.05) is 87.5 Å². The second-order valence-corrected chi connectivity index (χ2v) is 14.7. The fourth-order valence-corrected chi connectivity index (χ4v) is 8.61. The minimum Gasteiger partial charge on any atom is -0.482 e. The zero-order valence-electron chi connectivity index (χ0n) is 29.5. The minimum absolute atomic E-state index is 0. The molecule has 3 aromatic carbocycles. The van der Waals surface area contributed by atoms with Crippen molar-refractivity contribution in [3.8, 4) is 28.6 Å². The van der Waals surface area contributed by atoms with Crippen LogP contribution >= 0.6 is 0 Å². The van der Waals surface area contributed by atoms with Gasteiger partial charge < -0.3 is 18.7 Å². The molecule has 0 aliphatic heterocycles. The first kappa shape index (κ1) is 33.1. The molecule has 52 heavy (non-hydrogen) atoms. The van der Waals surface area contributed by atoms with Crippen LogP contribution in [0.5, 0.6) is 11.6 Å². The van der Waals surface area contributed by atoms with Crippen LogP contribution in [0.4, 0.5) is 0 Å². The van der Waals surface area contributed by atoms with Crippen LogP contribution in [0, 0.1) is 44.7 Å². The zero-order valence-corrected chi connectivity index (χ0v) is 31.8. The average molecular weight is 862 g/mol. The molecule has 0 saturated heterocycles. The van der Waals surface area contributed by atoms with Gasteiger partial charge in [0.2, 0.25) is 11.6 Å². The Labute approximate surface area is 317 Å². The summed E-state index contributed by atoms with van der Waals surface area (Å²) in [5, 5.41) is 4.03. The molecular weight excluding hydrogens is 824 g/mol. The van der Waals surface area contributed by atoms with Crippen LogP contribution in [0.3, 0.4) is 0 Å². The summed E-state index contributed by atoms with van der Waals surface area (Å²) in [6.45, 7) is 6.21. The van der Waals surface area contributed by atoms with Gasteiger partial charge in [0.15, 0.2) is 0 Å². The Balaban J connectivity index is 0.00000360. The van der Waals surface area contributed by atoms with Crippen molar-refractivity contribution in [3.05, 3.63) is 119 Å². The van der Waals surface area contributed by atoms with Crippen molar-refractivity contribution in [1.82, 2.24) is 19.5 Å². The van der Waals surface area contributed by atoms with Gasteiger partial charge >= 0.3 is 21.1 Å². The molecule has 1 atom stereocenters. The number of rotatable bonds is 5. The molecular formula is C45H38N4O2Pt. The summed E-state index contributed by atoms with van der Waals surface area (Å²) in [6, 6.07) is 32.2. The summed E-state index contributed by atoms with van der Waals surface area (Å²) >= 11 is 0. The molecule has 6 nitrogen and oxygen atoms in total. The van der Waals surface area contributed by atoms with Crippen LogP contribution in [-0.2, 0) is 33.9 Å². The van der Waals surface area contributed by atoms with Gasteiger partial charge in [0, 0.05) is 34.1 Å². The van der Waals surface area contributed by atoms with E-state index < -0.39 is 0 Å². The van der Waals surface area contributed by atoms with Crippen LogP contribution in [-0.4, -0.2) is 19.5 Å². The summed E-state index contributed by atoms with van der Waals surface area (Å²) in [5.74, 6) is 2.48. The van der Waals surface area contributed by atoms with Crippen LogP contribution in [0.2, 0.25) is 0 Å². The van der Waals surface area contributed by atoms with Gasteiger partial charge in [-0.05, 0) is 72.5 Å². The Morgan fingerprint density at radius 1 is 0.788 bits per heavy atom. The Morgan fingerprint density at radius 3 is 2.48 bits per heavy atom. The van der Waals surface area contributed by atoms with E-state index in [-0.39, 0.29) is 21.1 Å². The maximum absolute atomic E-state index is 6.70. The Hall–Kier alpha value is -4.80. The Morgan fingerprint density at radius 2 is 1.62 bits per heavy atom. The number of furan rings is 1. The SMILES string of the molecule is Cc1ccc2c(n1)oc1c(Oc3ccc4c5ccccc5n(-c5[c-]cc(C)c(C)c5)c4n3)[c-]c(-c3cc4c(cn3)CC(C3CCCCC3)C4)cc12.[Pt+2]. The van der Waals surface area contributed by atoms with Gasteiger partial charge in [0.05, 0.1) is 16.8 Å². The number of hydrogen-bond donors (Lipinski definition) is 0. The van der Waals surface area contributed by atoms with Crippen molar-refractivity contribution in [2.24, 2.45) is 11.8 Å². The van der Waals surface area contributed by atoms with Crippen molar-refractivity contribution >= 4 is 44.0 Å². The van der Waals surface area contributed by atoms with E-state index in [1.54, 1.807) is 0 Å². The van der Waals surface area contributed by atoms with E-state index in [4.69, 9.17) is 24.1 Å². The van der Waals surface area contributed by atoms with Crippen molar-refractivity contribution in [1.29, 1.82) is 0 Å². The predicted molar refractivity (Wildman–Crippen MR) is 203 cm³/mol. The average Bonchev–Trinajstić information content (AvgIpc) is 3.84. The number of para-hydroxylation sites is 1. The van der Waals surface area contributed by atoms with E-state index in [2.05, 4.69) is 91.3 Å². The van der Waals surface area contributed by atoms with Gasteiger partial charge in [-0.15, -0.1) is 17.7 Å². The smallest absolute Gasteiger partial charge is 0.482 e. The molecule has 2 aliphatic carbocycles. The van der Waals surface area contributed by atoms with Crippen molar-refractivity contribution < 1.29 is 30.2 Å². The molecule has 0 radical (unpaired) electrons. The number of ether oxygens (including phenoxy) is 1. The van der Waals surface area contributed by atoms with Crippen molar-refractivity contribution in [2.75, 3.05) is 0 Å². The molecule has 0 spiro atoms. The quantitative estimate of drug-likeness (QED) is 0.161. The molecule has 0 bridgehead atoms. The third kappa shape index (κ3) is 5.54. The van der Waals surface area contributed by atoms with E-state index in [1.165, 1.54) is 54.4 Å². The number of benzene rings is 3. The standard InChI is InChI=1S/C45H38N4O2.Pt/c1-26-13-15-34(19-27(26)2)49-40-12-8-7-11-35(40)36-17-18-42(48-44(36)49)50-41-24-32(22-38-37-16-14-28(3)47-45(37)51-43(38)41)39-23-31-20-30(21-33(31)25-46-39)29-9-5-4-6-10-29;/h7-8,11-14,16-19,22-23,25,29-30H,4-6,9-10,20-21H2,1-3H3;/q-2;+2. The predicted octanol–water partition coefficient (Wildman–Crippen LogP) is 11.1. The summed E-state index contributed by atoms with van der Waals surface area (Å²) in [7, 11) is 0. The normalized spacial score (nSPS) is 16.2. The largest absolute Gasteiger partial charge is 2.00 e. The molecule has 1 saturated carbocycles. The van der Waals surface area contributed by atoms with Gasteiger partial charge in [-0.25, -0.2) is 4.98 Å². The number of aromatic nitrogens is 4. The van der Waals surface area contributed by atoms with E-state index in [1.807, 2.05) is 25.1 Å². The van der Waals surface area contributed by atoms with E-state index in [0.717, 1.165) is 80.0 Å². The molecule has 0 N–H and O–H groups in total. The molecule has 5 aromatic heterocycles. The Bertz CT molecular complexity index is 2670. The second-order valence-electron chi connectivity index (χ2n) is 14.7. The van der Waals surface area contributed by atoms with Crippen LogP contribution < -0.4 is 4.74 Å². The molecule has 7 heteroatoms. The maximum Gasteiger partial charge on any atom is 2.00 e. The van der Waals surface area contributed by atoms with Crippen molar-refractivity contribution in [3.63, 3.8) is 0 Å². The first-order valence-corrected chi connectivity index (χ1v) is 18.3. The minimum atomic E-state index is 0. The Kier molecular flexibility index (Phi) is 8.27. The topological polar surface area (TPSA) is 66.0 Å². The molecule has 10 rings (SSSR count). The molecule has 0 amide bonds. The van der Waals surface area contributed by atoms with Crippen LogP contribution in [0.15, 0.2) is 83.4 Å². The molecule has 260 valence electrons. The fourth-order valence-electron chi connectivity index (χ4n) is 8.61.